The average molecular weight is 199 g/mol. The van der Waals surface area contributed by atoms with E-state index in [1.165, 1.54) is 0 Å². The first-order chi connectivity index (χ1) is 7.27. The molecule has 2 N–H and O–H groups in total. The Balaban J connectivity index is 2.42. The van der Waals surface area contributed by atoms with E-state index in [1.54, 1.807) is 24.4 Å². The van der Waals surface area contributed by atoms with E-state index in [-0.39, 0.29) is 0 Å². The van der Waals surface area contributed by atoms with Gasteiger partial charge < -0.3 is 10.0 Å². The lowest BCUT2D eigenvalue weighted by atomic mass is 9.79. The summed E-state index contributed by atoms with van der Waals surface area (Å²) in [7, 11) is -1.44. The van der Waals surface area contributed by atoms with E-state index in [4.69, 9.17) is 10.0 Å². The predicted octanol–water partition coefficient (Wildman–Crippen LogP) is 0.428. The second-order valence-corrected chi connectivity index (χ2v) is 3.21. The van der Waals surface area contributed by atoms with Crippen molar-refractivity contribution in [1.82, 2.24) is 4.98 Å². The molecule has 1 heterocycles. The highest BCUT2D eigenvalue weighted by molar-refractivity contribution is 6.58. The van der Waals surface area contributed by atoms with Gasteiger partial charge in [-0.15, -0.1) is 0 Å². The van der Waals surface area contributed by atoms with Crippen molar-refractivity contribution in [2.75, 3.05) is 0 Å². The Morgan fingerprint density at radius 1 is 1.00 bits per heavy atom. The van der Waals surface area contributed by atoms with Crippen LogP contribution in [0.1, 0.15) is 0 Å². The Morgan fingerprint density at radius 3 is 2.53 bits per heavy atom. The van der Waals surface area contributed by atoms with E-state index in [0.717, 1.165) is 11.3 Å². The van der Waals surface area contributed by atoms with Gasteiger partial charge in [0.2, 0.25) is 0 Å². The molecular weight excluding hydrogens is 189 g/mol. The van der Waals surface area contributed by atoms with Crippen molar-refractivity contribution >= 4 is 12.6 Å². The van der Waals surface area contributed by atoms with Gasteiger partial charge in [0.1, 0.15) is 0 Å². The molecule has 15 heavy (non-hydrogen) atoms. The van der Waals surface area contributed by atoms with Crippen molar-refractivity contribution in [1.29, 1.82) is 0 Å². The van der Waals surface area contributed by atoms with E-state index in [2.05, 4.69) is 4.98 Å². The van der Waals surface area contributed by atoms with E-state index < -0.39 is 7.12 Å². The molecule has 0 unspecified atom stereocenters. The molecule has 0 spiro atoms. The summed E-state index contributed by atoms with van der Waals surface area (Å²) in [5, 5.41) is 18.1. The van der Waals surface area contributed by atoms with E-state index in [1.807, 2.05) is 24.3 Å². The van der Waals surface area contributed by atoms with Crippen LogP contribution in [0, 0.1) is 0 Å². The maximum atomic E-state index is 9.03. The van der Waals surface area contributed by atoms with Gasteiger partial charge in [-0.25, -0.2) is 0 Å². The highest BCUT2D eigenvalue weighted by Gasteiger charge is 2.11. The minimum atomic E-state index is -1.44. The van der Waals surface area contributed by atoms with Gasteiger partial charge in [-0.1, -0.05) is 30.3 Å². The van der Waals surface area contributed by atoms with Gasteiger partial charge in [-0.3, -0.25) is 4.98 Å². The maximum Gasteiger partial charge on any atom is 0.488 e. The van der Waals surface area contributed by atoms with Crippen LogP contribution in [-0.4, -0.2) is 22.2 Å². The molecule has 0 radical (unpaired) electrons. The molecule has 0 fully saturated rings. The number of benzene rings is 1. The van der Waals surface area contributed by atoms with Gasteiger partial charge in [-0.2, -0.15) is 0 Å². The van der Waals surface area contributed by atoms with Gasteiger partial charge in [0.25, 0.3) is 0 Å². The van der Waals surface area contributed by atoms with Crippen molar-refractivity contribution in [3.8, 4) is 11.3 Å². The first-order valence-electron chi connectivity index (χ1n) is 4.65. The molecule has 0 saturated carbocycles. The standard InChI is InChI=1S/C11H10BNO2/c14-12(15)10-5-3-4-9(8-10)11-6-1-2-7-13-11/h1-8,14-15H. The molecule has 0 aliphatic carbocycles. The molecule has 1 aromatic heterocycles. The van der Waals surface area contributed by atoms with Crippen LogP contribution in [0.5, 0.6) is 0 Å². The van der Waals surface area contributed by atoms with Gasteiger partial charge in [-0.05, 0) is 23.2 Å². The molecule has 3 nitrogen and oxygen atoms in total. The van der Waals surface area contributed by atoms with Crippen molar-refractivity contribution in [3.63, 3.8) is 0 Å². The van der Waals surface area contributed by atoms with Gasteiger partial charge in [0, 0.05) is 6.20 Å². The highest BCUT2D eigenvalue weighted by atomic mass is 16.4. The van der Waals surface area contributed by atoms with Crippen LogP contribution in [0.2, 0.25) is 0 Å². The summed E-state index contributed by atoms with van der Waals surface area (Å²) in [5.74, 6) is 0. The molecule has 2 rings (SSSR count). The average Bonchev–Trinajstić information content (AvgIpc) is 2.30. The number of rotatable bonds is 2. The summed E-state index contributed by atoms with van der Waals surface area (Å²) in [6.07, 6.45) is 1.71. The molecule has 0 aliphatic rings. The van der Waals surface area contributed by atoms with E-state index in [0.29, 0.717) is 5.46 Å². The largest absolute Gasteiger partial charge is 0.488 e. The van der Waals surface area contributed by atoms with Crippen LogP contribution < -0.4 is 5.46 Å². The summed E-state index contributed by atoms with van der Waals surface area (Å²) >= 11 is 0. The molecule has 0 saturated heterocycles. The summed E-state index contributed by atoms with van der Waals surface area (Å²) in [6, 6.07) is 12.7. The Kier molecular flexibility index (Phi) is 2.80. The Hall–Kier alpha value is -1.65. The fourth-order valence-corrected chi connectivity index (χ4v) is 1.39. The lowest BCUT2D eigenvalue weighted by Gasteiger charge is -2.03. The lowest BCUT2D eigenvalue weighted by Crippen LogP contribution is -2.29. The van der Waals surface area contributed by atoms with E-state index >= 15 is 0 Å². The highest BCUT2D eigenvalue weighted by Crippen LogP contribution is 2.13. The number of pyridine rings is 1. The minimum Gasteiger partial charge on any atom is -0.423 e. The fraction of sp³-hybridized carbons (Fsp3) is 0. The molecule has 0 aliphatic heterocycles. The minimum absolute atomic E-state index is 0.471. The monoisotopic (exact) mass is 199 g/mol. The van der Waals surface area contributed by atoms with Crippen molar-refractivity contribution in [3.05, 3.63) is 48.7 Å². The molecular formula is C11H10BNO2. The van der Waals surface area contributed by atoms with Crippen molar-refractivity contribution < 1.29 is 10.0 Å². The molecule has 4 heteroatoms. The third kappa shape index (κ3) is 2.23. The fourth-order valence-electron chi connectivity index (χ4n) is 1.39. The SMILES string of the molecule is OB(O)c1cccc(-c2ccccn2)c1. The van der Waals surface area contributed by atoms with Gasteiger partial charge in [0.05, 0.1) is 5.69 Å². The van der Waals surface area contributed by atoms with Crippen LogP contribution in [0.25, 0.3) is 11.3 Å². The maximum absolute atomic E-state index is 9.03. The number of aromatic nitrogens is 1. The Morgan fingerprint density at radius 2 is 1.87 bits per heavy atom. The van der Waals surface area contributed by atoms with Crippen LogP contribution >= 0.6 is 0 Å². The summed E-state index contributed by atoms with van der Waals surface area (Å²) in [4.78, 5) is 4.19. The van der Waals surface area contributed by atoms with Crippen LogP contribution in [-0.2, 0) is 0 Å². The Labute approximate surface area is 88.2 Å². The number of hydrogen-bond donors (Lipinski definition) is 2. The van der Waals surface area contributed by atoms with Gasteiger partial charge >= 0.3 is 7.12 Å². The molecule has 0 bridgehead atoms. The third-order valence-electron chi connectivity index (χ3n) is 2.15. The normalized spacial score (nSPS) is 10.0. The molecule has 1 aromatic carbocycles. The van der Waals surface area contributed by atoms with Crippen molar-refractivity contribution in [2.24, 2.45) is 0 Å². The first kappa shape index (κ1) is 9.89. The van der Waals surface area contributed by atoms with Crippen LogP contribution in [0.3, 0.4) is 0 Å². The summed E-state index contributed by atoms with van der Waals surface area (Å²) in [5.41, 5.74) is 2.17. The third-order valence-corrected chi connectivity index (χ3v) is 2.15. The molecule has 74 valence electrons. The van der Waals surface area contributed by atoms with E-state index in [9.17, 15) is 0 Å². The van der Waals surface area contributed by atoms with Gasteiger partial charge in [0.15, 0.2) is 0 Å². The Bertz CT molecular complexity index is 445. The lowest BCUT2D eigenvalue weighted by molar-refractivity contribution is 0.426. The predicted molar refractivity (Wildman–Crippen MR) is 59.5 cm³/mol. The molecule has 0 atom stereocenters. The van der Waals surface area contributed by atoms with Crippen molar-refractivity contribution in [2.45, 2.75) is 0 Å². The first-order valence-corrected chi connectivity index (χ1v) is 4.65. The molecule has 0 amide bonds. The smallest absolute Gasteiger partial charge is 0.423 e. The number of nitrogens with zero attached hydrogens (tertiary/aromatic N) is 1. The second-order valence-electron chi connectivity index (χ2n) is 3.21. The van der Waals surface area contributed by atoms with Crippen LogP contribution in [0.4, 0.5) is 0 Å². The zero-order chi connectivity index (χ0) is 10.7. The zero-order valence-corrected chi connectivity index (χ0v) is 8.04. The number of hydrogen-bond acceptors (Lipinski definition) is 3. The summed E-state index contributed by atoms with van der Waals surface area (Å²) < 4.78 is 0. The quantitative estimate of drug-likeness (QED) is 0.689. The summed E-state index contributed by atoms with van der Waals surface area (Å²) in [6.45, 7) is 0. The van der Waals surface area contributed by atoms with Crippen LogP contribution in [0.15, 0.2) is 48.7 Å². The zero-order valence-electron chi connectivity index (χ0n) is 8.04. The topological polar surface area (TPSA) is 53.4 Å². The second kappa shape index (κ2) is 4.25. The molecule has 2 aromatic rings.